The van der Waals surface area contributed by atoms with Crippen molar-refractivity contribution in [3.63, 3.8) is 0 Å². The van der Waals surface area contributed by atoms with Crippen molar-refractivity contribution < 1.29 is 28.7 Å². The zero-order valence-corrected chi connectivity index (χ0v) is 18.3. The van der Waals surface area contributed by atoms with E-state index in [-0.39, 0.29) is 24.7 Å². The van der Waals surface area contributed by atoms with Crippen LogP contribution in [0, 0.1) is 5.92 Å². The second-order valence-electron chi connectivity index (χ2n) is 7.75. The largest absolute Gasteiger partial charge is 0.462 e. The van der Waals surface area contributed by atoms with Gasteiger partial charge >= 0.3 is 11.9 Å². The van der Waals surface area contributed by atoms with Gasteiger partial charge in [0.1, 0.15) is 0 Å². The lowest BCUT2D eigenvalue weighted by molar-refractivity contribution is -0.151. The highest BCUT2D eigenvalue weighted by Gasteiger charge is 2.37. The molecule has 2 aromatic carbocycles. The molecule has 0 aromatic heterocycles. The lowest BCUT2D eigenvalue weighted by Crippen LogP contribution is -2.30. The maximum atomic E-state index is 12.6. The van der Waals surface area contributed by atoms with Crippen LogP contribution in [-0.2, 0) is 19.1 Å². The molecule has 1 amide bonds. The number of ether oxygens (including phenoxy) is 2. The Morgan fingerprint density at radius 2 is 1.72 bits per heavy atom. The number of amides is 1. The van der Waals surface area contributed by atoms with E-state index in [0.29, 0.717) is 23.4 Å². The van der Waals surface area contributed by atoms with Gasteiger partial charge in [0.25, 0.3) is 0 Å². The van der Waals surface area contributed by atoms with Crippen molar-refractivity contribution in [2.24, 2.45) is 5.92 Å². The van der Waals surface area contributed by atoms with Gasteiger partial charge in [-0.05, 0) is 37.6 Å². The second-order valence-corrected chi connectivity index (χ2v) is 7.75. The van der Waals surface area contributed by atoms with Crippen LogP contribution in [0.2, 0.25) is 0 Å². The van der Waals surface area contributed by atoms with Crippen molar-refractivity contribution in [3.05, 3.63) is 65.7 Å². The number of ketones is 1. The summed E-state index contributed by atoms with van der Waals surface area (Å²) in [6.45, 7) is 4.07. The van der Waals surface area contributed by atoms with E-state index in [1.807, 2.05) is 6.92 Å². The predicted octanol–water partition coefficient (Wildman–Crippen LogP) is 3.81. The monoisotopic (exact) mass is 437 g/mol. The molecule has 1 fully saturated rings. The fourth-order valence-electron chi connectivity index (χ4n) is 3.45. The van der Waals surface area contributed by atoms with E-state index in [4.69, 9.17) is 9.47 Å². The third-order valence-electron chi connectivity index (χ3n) is 5.32. The van der Waals surface area contributed by atoms with E-state index in [9.17, 15) is 19.2 Å². The van der Waals surface area contributed by atoms with Crippen LogP contribution in [0.15, 0.2) is 54.6 Å². The summed E-state index contributed by atoms with van der Waals surface area (Å²) >= 11 is 0. The van der Waals surface area contributed by atoms with E-state index in [1.165, 1.54) is 11.8 Å². The van der Waals surface area contributed by atoms with Gasteiger partial charge in [0.15, 0.2) is 6.10 Å². The summed E-state index contributed by atoms with van der Waals surface area (Å²) < 4.78 is 10.5. The summed E-state index contributed by atoms with van der Waals surface area (Å²) in [5.41, 5.74) is 1.45. The fraction of sp³-hybridized carbons (Fsp3) is 0.360. The summed E-state index contributed by atoms with van der Waals surface area (Å²) in [7, 11) is 0. The highest BCUT2D eigenvalue weighted by molar-refractivity contribution is 6.02. The Morgan fingerprint density at radius 1 is 1.03 bits per heavy atom. The van der Waals surface area contributed by atoms with Crippen LogP contribution in [0.5, 0.6) is 0 Å². The Bertz CT molecular complexity index is 970. The molecule has 7 heteroatoms. The minimum Gasteiger partial charge on any atom is -0.462 e. The summed E-state index contributed by atoms with van der Waals surface area (Å²) in [5.74, 6) is -2.15. The average Bonchev–Trinajstić information content (AvgIpc) is 3.21. The summed E-state index contributed by atoms with van der Waals surface area (Å²) in [6, 6.07) is 15.1. The van der Waals surface area contributed by atoms with Gasteiger partial charge in [-0.2, -0.15) is 0 Å². The number of unbranched alkanes of at least 4 members (excludes halogenated alkanes) is 1. The van der Waals surface area contributed by atoms with Crippen molar-refractivity contribution in [2.75, 3.05) is 18.1 Å². The molecule has 1 aliphatic rings. The molecule has 0 bridgehead atoms. The van der Waals surface area contributed by atoms with E-state index >= 15 is 0 Å². The third kappa shape index (κ3) is 5.60. The first-order valence-corrected chi connectivity index (χ1v) is 10.8. The van der Waals surface area contributed by atoms with Crippen molar-refractivity contribution in [1.29, 1.82) is 0 Å². The van der Waals surface area contributed by atoms with Crippen LogP contribution in [0.4, 0.5) is 5.69 Å². The first-order valence-electron chi connectivity index (χ1n) is 10.8. The minimum atomic E-state index is -0.938. The van der Waals surface area contributed by atoms with Crippen molar-refractivity contribution >= 4 is 29.3 Å². The van der Waals surface area contributed by atoms with Crippen LogP contribution < -0.4 is 4.90 Å². The fourth-order valence-corrected chi connectivity index (χ4v) is 3.45. The predicted molar refractivity (Wildman–Crippen MR) is 118 cm³/mol. The Balaban J connectivity index is 1.58. The van der Waals surface area contributed by atoms with Crippen LogP contribution in [0.1, 0.15) is 53.8 Å². The van der Waals surface area contributed by atoms with Crippen LogP contribution >= 0.6 is 0 Å². The van der Waals surface area contributed by atoms with Gasteiger partial charge in [-0.1, -0.05) is 43.7 Å². The molecule has 0 saturated carbocycles. The van der Waals surface area contributed by atoms with Crippen LogP contribution in [-0.4, -0.2) is 42.9 Å². The molecule has 0 aliphatic carbocycles. The zero-order valence-electron chi connectivity index (χ0n) is 18.3. The Kier molecular flexibility index (Phi) is 7.76. The molecule has 2 atom stereocenters. The first kappa shape index (κ1) is 23.2. The maximum Gasteiger partial charge on any atom is 0.338 e. The summed E-state index contributed by atoms with van der Waals surface area (Å²) in [5, 5.41) is 0. The Hall–Kier alpha value is -3.48. The molecule has 0 spiro atoms. The molecule has 2 aromatic rings. The highest BCUT2D eigenvalue weighted by atomic mass is 16.5. The number of rotatable bonds is 9. The number of hydrogen-bond donors (Lipinski definition) is 0. The third-order valence-corrected chi connectivity index (χ3v) is 5.32. The van der Waals surface area contributed by atoms with Gasteiger partial charge in [-0.15, -0.1) is 0 Å². The molecular formula is C25H27NO6. The highest BCUT2D eigenvalue weighted by Crippen LogP contribution is 2.27. The first-order chi connectivity index (χ1) is 15.4. The SMILES string of the molecule is CCCCOC(=O)c1ccc(N2C[C@@H](C(=O)O[C@@H](C)C(=O)c3ccccc3)CC2=O)cc1. The lowest BCUT2D eigenvalue weighted by Gasteiger charge is -2.18. The maximum absolute atomic E-state index is 12.6. The molecule has 0 N–H and O–H groups in total. The van der Waals surface area contributed by atoms with E-state index < -0.39 is 24.0 Å². The molecule has 32 heavy (non-hydrogen) atoms. The van der Waals surface area contributed by atoms with Crippen molar-refractivity contribution in [3.8, 4) is 0 Å². The van der Waals surface area contributed by atoms with E-state index in [0.717, 1.165) is 12.8 Å². The normalized spacial score (nSPS) is 16.5. The van der Waals surface area contributed by atoms with Crippen LogP contribution in [0.25, 0.3) is 0 Å². The number of carbonyl (C=O) groups excluding carboxylic acids is 4. The number of benzene rings is 2. The van der Waals surface area contributed by atoms with Crippen molar-refractivity contribution in [2.45, 2.75) is 39.2 Å². The van der Waals surface area contributed by atoms with Gasteiger partial charge in [0.2, 0.25) is 11.7 Å². The standard InChI is InChI=1S/C25H27NO6/c1-3-4-14-31-24(29)19-10-12-21(13-11-19)26-16-20(15-22(26)27)25(30)32-17(2)23(28)18-8-6-5-7-9-18/h5-13,17,20H,3-4,14-16H2,1-2H3/t17-,20-/m0/s1. The van der Waals surface area contributed by atoms with E-state index in [1.54, 1.807) is 54.6 Å². The molecule has 1 heterocycles. The van der Waals surface area contributed by atoms with E-state index in [2.05, 4.69) is 0 Å². The average molecular weight is 437 g/mol. The number of Topliss-reactive ketones (excluding diaryl/α,β-unsaturated/α-hetero) is 1. The van der Waals surface area contributed by atoms with Crippen LogP contribution in [0.3, 0.4) is 0 Å². The van der Waals surface area contributed by atoms with Gasteiger partial charge in [0, 0.05) is 24.2 Å². The molecule has 7 nitrogen and oxygen atoms in total. The Morgan fingerprint density at radius 3 is 2.38 bits per heavy atom. The quantitative estimate of drug-likeness (QED) is 0.337. The van der Waals surface area contributed by atoms with Gasteiger partial charge in [0.05, 0.1) is 18.1 Å². The number of carbonyl (C=O) groups is 4. The van der Waals surface area contributed by atoms with Gasteiger partial charge in [-0.3, -0.25) is 14.4 Å². The number of anilines is 1. The second kappa shape index (κ2) is 10.7. The zero-order chi connectivity index (χ0) is 23.1. The molecule has 1 saturated heterocycles. The molecule has 3 rings (SSSR count). The number of hydrogen-bond acceptors (Lipinski definition) is 6. The topological polar surface area (TPSA) is 90.0 Å². The van der Waals surface area contributed by atoms with Gasteiger partial charge < -0.3 is 14.4 Å². The Labute approximate surface area is 187 Å². The van der Waals surface area contributed by atoms with Gasteiger partial charge in [-0.25, -0.2) is 4.79 Å². The molecule has 1 aliphatic heterocycles. The lowest BCUT2D eigenvalue weighted by atomic mass is 10.1. The molecule has 0 unspecified atom stereocenters. The van der Waals surface area contributed by atoms with Crippen molar-refractivity contribution in [1.82, 2.24) is 0 Å². The molecule has 168 valence electrons. The molecular weight excluding hydrogens is 410 g/mol. The minimum absolute atomic E-state index is 0.00584. The summed E-state index contributed by atoms with van der Waals surface area (Å²) in [4.78, 5) is 51.0. The summed E-state index contributed by atoms with van der Waals surface area (Å²) in [6.07, 6.45) is 0.809. The molecule has 0 radical (unpaired) electrons. The number of esters is 2. The smallest absolute Gasteiger partial charge is 0.338 e. The number of nitrogens with zero attached hydrogens (tertiary/aromatic N) is 1.